The van der Waals surface area contributed by atoms with Crippen molar-refractivity contribution in [3.05, 3.63) is 72.3 Å². The zero-order chi connectivity index (χ0) is 25.6. The molecule has 0 N–H and O–H groups in total. The molecule has 36 heavy (non-hydrogen) atoms. The highest BCUT2D eigenvalue weighted by atomic mass is 19.2. The van der Waals surface area contributed by atoms with Crippen LogP contribution in [0.25, 0.3) is 22.3 Å². The van der Waals surface area contributed by atoms with E-state index in [2.05, 4.69) is 36.7 Å². The summed E-state index contributed by atoms with van der Waals surface area (Å²) in [7, 11) is 0. The molecule has 0 unspecified atom stereocenters. The molecule has 0 saturated carbocycles. The summed E-state index contributed by atoms with van der Waals surface area (Å²) in [6, 6.07) is 16.7. The van der Waals surface area contributed by atoms with Gasteiger partial charge in [-0.1, -0.05) is 75.4 Å². The molecule has 194 valence electrons. The predicted molar refractivity (Wildman–Crippen MR) is 154 cm³/mol. The van der Waals surface area contributed by atoms with Crippen molar-refractivity contribution in [3.63, 3.8) is 0 Å². The Kier molecular flexibility index (Phi) is 10.5. The first-order chi connectivity index (χ1) is 17.6. The Balaban J connectivity index is -0.00000120. The maximum atomic E-state index is 15.0. The van der Waals surface area contributed by atoms with Gasteiger partial charge in [0, 0.05) is 31.5 Å². The first kappa shape index (κ1) is 26.4. The molecule has 0 fully saturated rings. The van der Waals surface area contributed by atoms with Gasteiger partial charge in [0.1, 0.15) is 17.6 Å². The quantitative estimate of drug-likeness (QED) is 0.195. The lowest BCUT2D eigenvalue weighted by Gasteiger charge is -2.11. The molecule has 0 aromatic heterocycles. The highest BCUT2D eigenvalue weighted by molar-refractivity contribution is 5.72. The number of hydrogen-bond donors (Lipinski definition) is 0. The van der Waals surface area contributed by atoms with Crippen molar-refractivity contribution >= 4 is 0 Å². The topological polar surface area (TPSA) is 18.5 Å². The van der Waals surface area contributed by atoms with Crippen molar-refractivity contribution in [1.82, 2.24) is 0 Å². The Hall–Kier alpha value is -4.20. The predicted octanol–water partition coefficient (Wildman–Crippen LogP) is 9.49. The normalized spacial score (nSPS) is 9.83. The molecule has 0 radical (unpaired) electrons. The molecule has 3 rings (SSSR count). The second-order valence-corrected chi connectivity index (χ2v) is 8.18. The van der Waals surface area contributed by atoms with E-state index in [1.54, 1.807) is 60.7 Å². The van der Waals surface area contributed by atoms with Crippen LogP contribution in [0.15, 0.2) is 60.7 Å². The Bertz CT molecular complexity index is 1320. The Morgan fingerprint density at radius 1 is 0.694 bits per heavy atom. The van der Waals surface area contributed by atoms with Gasteiger partial charge in [-0.2, -0.15) is 0 Å². The third-order valence-corrected chi connectivity index (χ3v) is 5.60. The molecular formula is C32H40F2O2. The largest absolute Gasteiger partial charge is 0.494 e. The highest BCUT2D eigenvalue weighted by Crippen LogP contribution is 2.33. The molecule has 3 aromatic carbocycles. The molecule has 3 aromatic rings. The molecule has 0 aliphatic heterocycles. The van der Waals surface area contributed by atoms with E-state index in [1.807, 2.05) is 0 Å². The van der Waals surface area contributed by atoms with Gasteiger partial charge in [0.15, 0.2) is 11.6 Å². The SMILES string of the molecule is C#CC#CC#COc1ccc(-c2ccc(-c3ccc(OCCCCCCCC)cc3)c(F)c2F)cc1.[HH].[HH].[HH].[HH].[HH].[HH]. The molecule has 0 amide bonds. The molecular weight excluding hydrogens is 454 g/mol. The fourth-order valence-corrected chi connectivity index (χ4v) is 3.68. The van der Waals surface area contributed by atoms with Crippen molar-refractivity contribution in [2.45, 2.75) is 45.4 Å². The van der Waals surface area contributed by atoms with Crippen LogP contribution in [0.3, 0.4) is 0 Å². The Morgan fingerprint density at radius 3 is 1.83 bits per heavy atom. The lowest BCUT2D eigenvalue weighted by molar-refractivity contribution is 0.304. The first-order valence-electron chi connectivity index (χ1n) is 12.1. The minimum Gasteiger partial charge on any atom is -0.494 e. The van der Waals surface area contributed by atoms with Gasteiger partial charge in [-0.3, -0.25) is 0 Å². The van der Waals surface area contributed by atoms with Gasteiger partial charge >= 0.3 is 0 Å². The molecule has 0 saturated heterocycles. The monoisotopic (exact) mass is 494 g/mol. The van der Waals surface area contributed by atoms with Crippen LogP contribution >= 0.6 is 0 Å². The van der Waals surface area contributed by atoms with E-state index in [-0.39, 0.29) is 19.7 Å². The van der Waals surface area contributed by atoms with Crippen molar-refractivity contribution in [2.75, 3.05) is 6.61 Å². The van der Waals surface area contributed by atoms with Crippen LogP contribution in [0, 0.1) is 47.8 Å². The minimum atomic E-state index is -0.908. The average molecular weight is 495 g/mol. The van der Waals surface area contributed by atoms with Gasteiger partial charge in [0.05, 0.1) is 6.61 Å². The van der Waals surface area contributed by atoms with Crippen LogP contribution in [0.1, 0.15) is 54.0 Å². The molecule has 0 aliphatic carbocycles. The number of terminal acetylenes is 1. The molecule has 0 heterocycles. The van der Waals surface area contributed by atoms with Gasteiger partial charge in [-0.15, -0.1) is 6.42 Å². The zero-order valence-corrected chi connectivity index (χ0v) is 20.4. The smallest absolute Gasteiger partial charge is 0.167 e. The van der Waals surface area contributed by atoms with Crippen LogP contribution in [-0.2, 0) is 0 Å². The van der Waals surface area contributed by atoms with Crippen molar-refractivity contribution in [2.24, 2.45) is 0 Å². The Labute approximate surface area is 221 Å². The second kappa shape index (κ2) is 14.3. The van der Waals surface area contributed by atoms with E-state index in [0.717, 1.165) is 18.6 Å². The standard InChI is InChI=1S/C32H28F2O2.6H2/c1-3-5-7-9-10-12-24-36-28-19-15-26(16-20-28)30-22-21-29(31(33)32(30)34)25-13-17-27(18-14-25)35-23-11-8-6-4-2;;;;;;/h2,13-22H,3,5,7,9-10,12,24H2,1H3;6*1H. The van der Waals surface area contributed by atoms with Gasteiger partial charge in [-0.05, 0) is 53.7 Å². The molecule has 4 heteroatoms. The van der Waals surface area contributed by atoms with E-state index < -0.39 is 11.6 Å². The van der Waals surface area contributed by atoms with Crippen LogP contribution in [0.5, 0.6) is 11.5 Å². The summed E-state index contributed by atoms with van der Waals surface area (Å²) in [5, 5.41) is 0. The van der Waals surface area contributed by atoms with E-state index in [9.17, 15) is 8.78 Å². The van der Waals surface area contributed by atoms with Gasteiger partial charge < -0.3 is 9.47 Å². The fraction of sp³-hybridized carbons (Fsp3) is 0.250. The summed E-state index contributed by atoms with van der Waals surface area (Å²) in [4.78, 5) is 0. The number of rotatable bonds is 11. The number of halogens is 2. The van der Waals surface area contributed by atoms with E-state index in [4.69, 9.17) is 15.9 Å². The van der Waals surface area contributed by atoms with Crippen molar-refractivity contribution in [3.8, 4) is 70.0 Å². The fourth-order valence-electron chi connectivity index (χ4n) is 3.68. The summed E-state index contributed by atoms with van der Waals surface area (Å²) in [6.07, 6.45) is 14.6. The highest BCUT2D eigenvalue weighted by Gasteiger charge is 2.16. The first-order valence-corrected chi connectivity index (χ1v) is 12.1. The van der Waals surface area contributed by atoms with Crippen LogP contribution in [0.4, 0.5) is 8.78 Å². The molecule has 2 nitrogen and oxygen atoms in total. The summed E-state index contributed by atoms with van der Waals surface area (Å²) in [5.41, 5.74) is 1.46. The maximum absolute atomic E-state index is 15.0. The maximum Gasteiger partial charge on any atom is 0.167 e. The number of hydrogen-bond acceptors (Lipinski definition) is 2. The lowest BCUT2D eigenvalue weighted by Crippen LogP contribution is -1.97. The van der Waals surface area contributed by atoms with E-state index in [1.165, 1.54) is 25.7 Å². The minimum absolute atomic E-state index is 0. The Morgan fingerprint density at radius 2 is 1.25 bits per heavy atom. The summed E-state index contributed by atoms with van der Waals surface area (Å²) >= 11 is 0. The van der Waals surface area contributed by atoms with Crippen LogP contribution in [0.2, 0.25) is 0 Å². The second-order valence-electron chi connectivity index (χ2n) is 8.18. The van der Waals surface area contributed by atoms with Crippen molar-refractivity contribution in [1.29, 1.82) is 0 Å². The molecule has 0 bridgehead atoms. The molecule has 0 spiro atoms. The van der Waals surface area contributed by atoms with Crippen LogP contribution < -0.4 is 9.47 Å². The third-order valence-electron chi connectivity index (χ3n) is 5.60. The number of ether oxygens (including phenoxy) is 2. The van der Waals surface area contributed by atoms with Crippen LogP contribution in [-0.4, -0.2) is 6.61 Å². The summed E-state index contributed by atoms with van der Waals surface area (Å²) in [5.74, 6) is 8.74. The lowest BCUT2D eigenvalue weighted by atomic mass is 9.98. The van der Waals surface area contributed by atoms with E-state index in [0.29, 0.717) is 23.5 Å². The van der Waals surface area contributed by atoms with Gasteiger partial charge in [0.25, 0.3) is 0 Å². The zero-order valence-electron chi connectivity index (χ0n) is 20.4. The summed E-state index contributed by atoms with van der Waals surface area (Å²) in [6.45, 7) is 2.86. The number of unbranched alkanes of at least 4 members (excludes halogenated alkanes) is 5. The van der Waals surface area contributed by atoms with Gasteiger partial charge in [0.2, 0.25) is 0 Å². The summed E-state index contributed by atoms with van der Waals surface area (Å²) < 4.78 is 41.0. The molecule has 0 atom stereocenters. The third kappa shape index (κ3) is 7.66. The number of benzene rings is 3. The molecule has 0 aliphatic rings. The van der Waals surface area contributed by atoms with E-state index >= 15 is 0 Å². The van der Waals surface area contributed by atoms with Gasteiger partial charge in [-0.25, -0.2) is 8.78 Å². The average Bonchev–Trinajstić information content (AvgIpc) is 2.90. The van der Waals surface area contributed by atoms with Crippen molar-refractivity contribution < 1.29 is 26.8 Å².